The van der Waals surface area contributed by atoms with Crippen LogP contribution in [0.1, 0.15) is 35.9 Å². The molecule has 27 heavy (non-hydrogen) atoms. The second-order valence-corrected chi connectivity index (χ2v) is 7.35. The Hall–Kier alpha value is -3.00. The van der Waals surface area contributed by atoms with Crippen molar-refractivity contribution < 1.29 is 14.0 Å². The number of carbonyl (C=O) groups excluding carboxylic acids is 2. The molecular weight excluding hydrogens is 364 g/mol. The summed E-state index contributed by atoms with van der Waals surface area (Å²) in [5.74, 6) is -0.0638. The summed E-state index contributed by atoms with van der Waals surface area (Å²) < 4.78 is 5.05. The number of aromatic nitrogens is 2. The third kappa shape index (κ3) is 4.59. The number of hydrogen-bond donors (Lipinski definition) is 1. The summed E-state index contributed by atoms with van der Waals surface area (Å²) in [5, 5.41) is 11.9. The first-order valence-corrected chi connectivity index (χ1v) is 9.28. The van der Waals surface area contributed by atoms with Gasteiger partial charge in [-0.2, -0.15) is 0 Å². The standard InChI is InChI=1S/C19H20N4O3S/c1-12(2)13-6-8-14(9-7-13)17-21-22-19(27-17)20-16(24)11-23(3)18(25)15-5-4-10-26-15/h4-10,12H,11H2,1-3H3,(H,20,22,24). The van der Waals surface area contributed by atoms with E-state index in [0.717, 1.165) is 10.6 Å². The van der Waals surface area contributed by atoms with Gasteiger partial charge < -0.3 is 9.32 Å². The Morgan fingerprint density at radius 1 is 1.19 bits per heavy atom. The highest BCUT2D eigenvalue weighted by Gasteiger charge is 2.18. The normalized spacial score (nSPS) is 10.8. The van der Waals surface area contributed by atoms with Gasteiger partial charge in [0.2, 0.25) is 11.0 Å². The second-order valence-electron chi connectivity index (χ2n) is 6.38. The van der Waals surface area contributed by atoms with E-state index in [1.807, 2.05) is 12.1 Å². The molecule has 0 spiro atoms. The van der Waals surface area contributed by atoms with Crippen LogP contribution in [0.4, 0.5) is 5.13 Å². The first-order valence-electron chi connectivity index (χ1n) is 8.46. The molecule has 2 aromatic heterocycles. The monoisotopic (exact) mass is 384 g/mol. The number of likely N-dealkylation sites (N-methyl/N-ethyl adjacent to an activating group) is 1. The van der Waals surface area contributed by atoms with Gasteiger partial charge in [0.15, 0.2) is 5.76 Å². The molecule has 0 saturated heterocycles. The number of nitrogens with zero attached hydrogens (tertiary/aromatic N) is 3. The predicted octanol–water partition coefficient (Wildman–Crippen LogP) is 3.63. The largest absolute Gasteiger partial charge is 0.459 e. The average Bonchev–Trinajstić information content (AvgIpc) is 3.33. The molecular formula is C19H20N4O3S. The van der Waals surface area contributed by atoms with Gasteiger partial charge in [0.25, 0.3) is 5.91 Å². The Labute approximate surface area is 161 Å². The lowest BCUT2D eigenvalue weighted by Gasteiger charge is -2.14. The lowest BCUT2D eigenvalue weighted by molar-refractivity contribution is -0.116. The number of amides is 2. The van der Waals surface area contributed by atoms with Crippen molar-refractivity contribution in [2.24, 2.45) is 0 Å². The zero-order chi connectivity index (χ0) is 19.4. The number of furan rings is 1. The molecule has 0 fully saturated rings. The van der Waals surface area contributed by atoms with Gasteiger partial charge in [-0.15, -0.1) is 10.2 Å². The summed E-state index contributed by atoms with van der Waals surface area (Å²) >= 11 is 1.29. The van der Waals surface area contributed by atoms with Crippen molar-refractivity contribution in [3.8, 4) is 10.6 Å². The van der Waals surface area contributed by atoms with Crippen LogP contribution < -0.4 is 5.32 Å². The van der Waals surface area contributed by atoms with E-state index in [4.69, 9.17) is 4.42 Å². The van der Waals surface area contributed by atoms with Gasteiger partial charge in [-0.1, -0.05) is 49.4 Å². The molecule has 140 valence electrons. The maximum atomic E-state index is 12.2. The highest BCUT2D eigenvalue weighted by atomic mass is 32.1. The molecule has 7 nitrogen and oxygen atoms in total. The molecule has 8 heteroatoms. The zero-order valence-corrected chi connectivity index (χ0v) is 16.1. The van der Waals surface area contributed by atoms with Crippen molar-refractivity contribution >= 4 is 28.3 Å². The second kappa shape index (κ2) is 8.13. The van der Waals surface area contributed by atoms with Crippen molar-refractivity contribution in [2.75, 3.05) is 18.9 Å². The highest BCUT2D eigenvalue weighted by Crippen LogP contribution is 2.27. The molecule has 0 aliphatic heterocycles. The summed E-state index contributed by atoms with van der Waals surface area (Å²) in [7, 11) is 1.53. The van der Waals surface area contributed by atoms with E-state index >= 15 is 0 Å². The lowest BCUT2D eigenvalue weighted by Crippen LogP contribution is -2.34. The molecule has 1 aromatic carbocycles. The number of hydrogen-bond acceptors (Lipinski definition) is 6. The quantitative estimate of drug-likeness (QED) is 0.701. The Kier molecular flexibility index (Phi) is 5.66. The van der Waals surface area contributed by atoms with E-state index in [0.29, 0.717) is 11.0 Å². The summed E-state index contributed by atoms with van der Waals surface area (Å²) in [6.07, 6.45) is 1.41. The van der Waals surface area contributed by atoms with Crippen molar-refractivity contribution in [3.63, 3.8) is 0 Å². The summed E-state index contributed by atoms with van der Waals surface area (Å²) in [6, 6.07) is 11.3. The molecule has 0 atom stereocenters. The molecule has 3 aromatic rings. The molecule has 0 saturated carbocycles. The number of nitrogens with one attached hydrogen (secondary N) is 1. The van der Waals surface area contributed by atoms with Crippen LogP contribution in [0.5, 0.6) is 0 Å². The van der Waals surface area contributed by atoms with Gasteiger partial charge in [0, 0.05) is 12.6 Å². The van der Waals surface area contributed by atoms with E-state index in [9.17, 15) is 9.59 Å². The molecule has 0 unspecified atom stereocenters. The summed E-state index contributed by atoms with van der Waals surface area (Å²) in [6.45, 7) is 4.17. The van der Waals surface area contributed by atoms with Crippen molar-refractivity contribution in [1.82, 2.24) is 15.1 Å². The Bertz CT molecular complexity index is 917. The molecule has 0 aliphatic carbocycles. The minimum absolute atomic E-state index is 0.114. The predicted molar refractivity (Wildman–Crippen MR) is 104 cm³/mol. The minimum atomic E-state index is -0.363. The smallest absolute Gasteiger partial charge is 0.289 e. The van der Waals surface area contributed by atoms with Gasteiger partial charge in [-0.25, -0.2) is 0 Å². The van der Waals surface area contributed by atoms with Crippen LogP contribution in [0, 0.1) is 0 Å². The summed E-state index contributed by atoms with van der Waals surface area (Å²) in [4.78, 5) is 25.5. The fraction of sp³-hybridized carbons (Fsp3) is 0.263. The van der Waals surface area contributed by atoms with Crippen molar-refractivity contribution in [3.05, 3.63) is 54.0 Å². The number of rotatable bonds is 6. The topological polar surface area (TPSA) is 88.3 Å². The minimum Gasteiger partial charge on any atom is -0.459 e. The number of benzene rings is 1. The van der Waals surface area contributed by atoms with Crippen LogP contribution in [0.15, 0.2) is 47.1 Å². The first-order chi connectivity index (χ1) is 12.9. The Balaban J connectivity index is 1.60. The molecule has 2 amide bonds. The Morgan fingerprint density at radius 2 is 1.93 bits per heavy atom. The molecule has 0 radical (unpaired) electrons. The third-order valence-corrected chi connectivity index (χ3v) is 4.84. The molecule has 0 aliphatic rings. The van der Waals surface area contributed by atoms with Gasteiger partial charge in [-0.05, 0) is 23.6 Å². The maximum absolute atomic E-state index is 12.2. The van der Waals surface area contributed by atoms with Crippen LogP contribution >= 0.6 is 11.3 Å². The van der Waals surface area contributed by atoms with E-state index in [1.54, 1.807) is 12.1 Å². The Morgan fingerprint density at radius 3 is 2.56 bits per heavy atom. The van der Waals surface area contributed by atoms with Gasteiger partial charge in [-0.3, -0.25) is 14.9 Å². The molecule has 0 bridgehead atoms. The average molecular weight is 384 g/mol. The van der Waals surface area contributed by atoms with Gasteiger partial charge in [0.05, 0.1) is 6.26 Å². The van der Waals surface area contributed by atoms with Crippen LogP contribution in [0.2, 0.25) is 0 Å². The first kappa shape index (κ1) is 18.8. The van der Waals surface area contributed by atoms with Crippen LogP contribution in [0.25, 0.3) is 10.6 Å². The molecule has 1 N–H and O–H groups in total. The van der Waals surface area contributed by atoms with Crippen LogP contribution in [-0.2, 0) is 4.79 Å². The number of carbonyl (C=O) groups is 2. The van der Waals surface area contributed by atoms with E-state index in [2.05, 4.69) is 41.5 Å². The fourth-order valence-corrected chi connectivity index (χ4v) is 3.20. The maximum Gasteiger partial charge on any atom is 0.289 e. The highest BCUT2D eigenvalue weighted by molar-refractivity contribution is 7.18. The lowest BCUT2D eigenvalue weighted by atomic mass is 10.0. The van der Waals surface area contributed by atoms with Gasteiger partial charge >= 0.3 is 0 Å². The van der Waals surface area contributed by atoms with E-state index in [-0.39, 0.29) is 24.1 Å². The summed E-state index contributed by atoms with van der Waals surface area (Å²) in [5.41, 5.74) is 2.20. The number of anilines is 1. The zero-order valence-electron chi connectivity index (χ0n) is 15.3. The molecule has 2 heterocycles. The van der Waals surface area contributed by atoms with Gasteiger partial charge in [0.1, 0.15) is 11.6 Å². The van der Waals surface area contributed by atoms with E-state index in [1.165, 1.54) is 35.1 Å². The SMILES string of the molecule is CC(C)c1ccc(-c2nnc(NC(=O)CN(C)C(=O)c3ccco3)s2)cc1. The third-order valence-electron chi connectivity index (χ3n) is 3.96. The fourth-order valence-electron chi connectivity index (χ4n) is 2.44. The van der Waals surface area contributed by atoms with Crippen LogP contribution in [-0.4, -0.2) is 40.5 Å². The molecule has 3 rings (SSSR count). The van der Waals surface area contributed by atoms with Crippen molar-refractivity contribution in [2.45, 2.75) is 19.8 Å². The van der Waals surface area contributed by atoms with Crippen molar-refractivity contribution in [1.29, 1.82) is 0 Å². The van der Waals surface area contributed by atoms with Crippen LogP contribution in [0.3, 0.4) is 0 Å². The van der Waals surface area contributed by atoms with E-state index < -0.39 is 0 Å².